The molecule has 0 amide bonds. The molecular weight excluding hydrogens is 152 g/mol. The van der Waals surface area contributed by atoms with Crippen molar-refractivity contribution in [1.29, 1.82) is 0 Å². The van der Waals surface area contributed by atoms with Crippen molar-refractivity contribution >= 4 is 0 Å². The molecule has 0 aromatic heterocycles. The van der Waals surface area contributed by atoms with Crippen molar-refractivity contribution in [3.8, 4) is 0 Å². The van der Waals surface area contributed by atoms with Crippen molar-refractivity contribution in [3.63, 3.8) is 0 Å². The third-order valence-corrected chi connectivity index (χ3v) is 2.98. The second-order valence-corrected chi connectivity index (χ2v) is 3.94. The first-order chi connectivity index (χ1) is 5.86. The third kappa shape index (κ3) is 1.79. The van der Waals surface area contributed by atoms with Crippen LogP contribution in [0.25, 0.3) is 0 Å². The van der Waals surface area contributed by atoms with Gasteiger partial charge in [-0.05, 0) is 25.8 Å². The highest BCUT2D eigenvalue weighted by atomic mass is 16.3. The lowest BCUT2D eigenvalue weighted by molar-refractivity contribution is 0.147. The van der Waals surface area contributed by atoms with Gasteiger partial charge in [-0.2, -0.15) is 0 Å². The molecular formula is C9H18N2O. The molecule has 0 aromatic rings. The number of aliphatic hydroxyl groups is 1. The van der Waals surface area contributed by atoms with Crippen LogP contribution in [0.3, 0.4) is 0 Å². The largest absolute Gasteiger partial charge is 0.392 e. The summed E-state index contributed by atoms with van der Waals surface area (Å²) in [6.07, 6.45) is 3.50. The maximum Gasteiger partial charge on any atom is 0.0679 e. The van der Waals surface area contributed by atoms with E-state index in [2.05, 4.69) is 10.2 Å². The molecule has 3 nitrogen and oxygen atoms in total. The summed E-state index contributed by atoms with van der Waals surface area (Å²) in [6, 6.07) is 0.691. The smallest absolute Gasteiger partial charge is 0.0679 e. The average molecular weight is 170 g/mol. The van der Waals surface area contributed by atoms with Gasteiger partial charge in [0.25, 0.3) is 0 Å². The quantitative estimate of drug-likeness (QED) is 0.572. The molecule has 3 heteroatoms. The van der Waals surface area contributed by atoms with Gasteiger partial charge >= 0.3 is 0 Å². The number of β-amino-alcohol motifs (C(OH)–C–C–N with tert-alkyl or cyclic N) is 1. The monoisotopic (exact) mass is 170 g/mol. The maximum atomic E-state index is 9.37. The fourth-order valence-electron chi connectivity index (χ4n) is 2.24. The van der Waals surface area contributed by atoms with Gasteiger partial charge in [0.1, 0.15) is 0 Å². The van der Waals surface area contributed by atoms with E-state index in [0.717, 1.165) is 26.1 Å². The minimum atomic E-state index is -0.0630. The zero-order valence-corrected chi connectivity index (χ0v) is 7.50. The summed E-state index contributed by atoms with van der Waals surface area (Å²) in [4.78, 5) is 2.43. The van der Waals surface area contributed by atoms with E-state index in [0.29, 0.717) is 6.04 Å². The lowest BCUT2D eigenvalue weighted by atomic mass is 10.1. The molecule has 2 aliphatic rings. The van der Waals surface area contributed by atoms with Gasteiger partial charge in [-0.1, -0.05) is 0 Å². The number of nitrogens with one attached hydrogen (secondary N) is 1. The van der Waals surface area contributed by atoms with Crippen molar-refractivity contribution in [2.24, 2.45) is 0 Å². The molecule has 2 heterocycles. The van der Waals surface area contributed by atoms with Gasteiger partial charge < -0.3 is 10.4 Å². The molecule has 0 radical (unpaired) electrons. The van der Waals surface area contributed by atoms with Crippen LogP contribution in [0.5, 0.6) is 0 Å². The van der Waals surface area contributed by atoms with Crippen LogP contribution in [-0.2, 0) is 0 Å². The number of likely N-dealkylation sites (tertiary alicyclic amines) is 1. The van der Waals surface area contributed by atoms with Gasteiger partial charge in [-0.3, -0.25) is 4.90 Å². The van der Waals surface area contributed by atoms with Gasteiger partial charge in [-0.25, -0.2) is 0 Å². The lowest BCUT2D eigenvalue weighted by Gasteiger charge is -2.31. The zero-order valence-electron chi connectivity index (χ0n) is 7.50. The fraction of sp³-hybridized carbons (Fsp3) is 1.00. The Hall–Kier alpha value is -0.120. The van der Waals surface area contributed by atoms with E-state index < -0.39 is 0 Å². The Morgan fingerprint density at radius 1 is 1.33 bits per heavy atom. The molecule has 2 atom stereocenters. The molecule has 2 fully saturated rings. The molecule has 2 rings (SSSR count). The van der Waals surface area contributed by atoms with Crippen LogP contribution in [0.2, 0.25) is 0 Å². The average Bonchev–Trinajstić information content (AvgIpc) is 2.54. The van der Waals surface area contributed by atoms with E-state index in [9.17, 15) is 5.11 Å². The molecule has 0 aromatic carbocycles. The number of hydrogen-bond donors (Lipinski definition) is 2. The second kappa shape index (κ2) is 3.73. The Bertz CT molecular complexity index is 143. The highest BCUT2D eigenvalue weighted by Crippen LogP contribution is 2.16. The van der Waals surface area contributed by atoms with Crippen LogP contribution in [-0.4, -0.2) is 48.3 Å². The normalized spacial score (nSPS) is 38.8. The molecule has 0 unspecified atom stereocenters. The first-order valence-electron chi connectivity index (χ1n) is 4.99. The summed E-state index contributed by atoms with van der Waals surface area (Å²) in [5, 5.41) is 12.8. The molecule has 2 aliphatic heterocycles. The first-order valence-corrected chi connectivity index (χ1v) is 4.99. The van der Waals surface area contributed by atoms with Gasteiger partial charge in [0.2, 0.25) is 0 Å². The molecule has 12 heavy (non-hydrogen) atoms. The van der Waals surface area contributed by atoms with Crippen LogP contribution in [0, 0.1) is 0 Å². The topological polar surface area (TPSA) is 35.5 Å². The minimum Gasteiger partial charge on any atom is -0.392 e. The van der Waals surface area contributed by atoms with Gasteiger partial charge in [0, 0.05) is 25.7 Å². The number of piperidine rings is 1. The van der Waals surface area contributed by atoms with Crippen molar-refractivity contribution in [3.05, 3.63) is 0 Å². The molecule has 0 bridgehead atoms. The van der Waals surface area contributed by atoms with E-state index in [4.69, 9.17) is 0 Å². The van der Waals surface area contributed by atoms with Gasteiger partial charge in [-0.15, -0.1) is 0 Å². The zero-order chi connectivity index (χ0) is 8.39. The molecule has 0 saturated carbocycles. The van der Waals surface area contributed by atoms with E-state index in [1.807, 2.05) is 0 Å². The SMILES string of the molecule is O[C@H]1CCN([C@H]2CCCNC2)C1. The Balaban J connectivity index is 1.83. The van der Waals surface area contributed by atoms with Gasteiger partial charge in [0.15, 0.2) is 0 Å². The molecule has 2 saturated heterocycles. The van der Waals surface area contributed by atoms with Crippen molar-refractivity contribution < 1.29 is 5.11 Å². The molecule has 2 N–H and O–H groups in total. The second-order valence-electron chi connectivity index (χ2n) is 3.94. The van der Waals surface area contributed by atoms with E-state index in [1.165, 1.54) is 19.4 Å². The fourth-order valence-corrected chi connectivity index (χ4v) is 2.24. The maximum absolute atomic E-state index is 9.37. The van der Waals surface area contributed by atoms with Gasteiger partial charge in [0.05, 0.1) is 6.10 Å². The van der Waals surface area contributed by atoms with Crippen LogP contribution < -0.4 is 5.32 Å². The summed E-state index contributed by atoms with van der Waals surface area (Å²) < 4.78 is 0. The standard InChI is InChI=1S/C9H18N2O/c12-9-3-5-11(7-9)8-2-1-4-10-6-8/h8-10,12H,1-7H2/t8-,9-/m0/s1. The predicted octanol–water partition coefficient (Wildman–Crippen LogP) is -0.195. The van der Waals surface area contributed by atoms with Crippen LogP contribution in [0.1, 0.15) is 19.3 Å². The Labute approximate surface area is 73.8 Å². The molecule has 0 aliphatic carbocycles. The summed E-state index contributed by atoms with van der Waals surface area (Å²) in [5.41, 5.74) is 0. The van der Waals surface area contributed by atoms with Crippen LogP contribution in [0.4, 0.5) is 0 Å². The highest BCUT2D eigenvalue weighted by Gasteiger charge is 2.27. The van der Waals surface area contributed by atoms with E-state index >= 15 is 0 Å². The minimum absolute atomic E-state index is 0.0630. The van der Waals surface area contributed by atoms with Crippen LogP contribution in [0.15, 0.2) is 0 Å². The number of nitrogens with zero attached hydrogens (tertiary/aromatic N) is 1. The summed E-state index contributed by atoms with van der Waals surface area (Å²) in [5.74, 6) is 0. The summed E-state index contributed by atoms with van der Waals surface area (Å²) in [7, 11) is 0. The highest BCUT2D eigenvalue weighted by molar-refractivity contribution is 4.84. The number of aliphatic hydroxyl groups excluding tert-OH is 1. The van der Waals surface area contributed by atoms with Crippen molar-refractivity contribution in [1.82, 2.24) is 10.2 Å². The van der Waals surface area contributed by atoms with E-state index in [-0.39, 0.29) is 6.10 Å². The third-order valence-electron chi connectivity index (χ3n) is 2.98. The number of hydrogen-bond acceptors (Lipinski definition) is 3. The predicted molar refractivity (Wildman–Crippen MR) is 48.1 cm³/mol. The van der Waals surface area contributed by atoms with Crippen molar-refractivity contribution in [2.75, 3.05) is 26.2 Å². The molecule has 70 valence electrons. The lowest BCUT2D eigenvalue weighted by Crippen LogP contribution is -2.45. The Morgan fingerprint density at radius 2 is 2.25 bits per heavy atom. The van der Waals surface area contributed by atoms with Crippen LogP contribution >= 0.6 is 0 Å². The first kappa shape index (κ1) is 8.48. The Kier molecular flexibility index (Phi) is 2.63. The van der Waals surface area contributed by atoms with E-state index in [1.54, 1.807) is 0 Å². The Morgan fingerprint density at radius 3 is 2.83 bits per heavy atom. The number of rotatable bonds is 1. The summed E-state index contributed by atoms with van der Waals surface area (Å²) >= 11 is 0. The summed E-state index contributed by atoms with van der Waals surface area (Å²) in [6.45, 7) is 4.28. The van der Waals surface area contributed by atoms with Crippen molar-refractivity contribution in [2.45, 2.75) is 31.4 Å². The molecule has 0 spiro atoms.